The van der Waals surface area contributed by atoms with Crippen molar-refractivity contribution < 1.29 is 30.8 Å². The highest BCUT2D eigenvalue weighted by atomic mass is 35.5. The molecular formula is C24H23ClF3N3O4S. The zero-order valence-corrected chi connectivity index (χ0v) is 20.5. The van der Waals surface area contributed by atoms with E-state index in [0.29, 0.717) is 29.1 Å². The summed E-state index contributed by atoms with van der Waals surface area (Å²) in [6.45, 7) is 0.462. The van der Waals surface area contributed by atoms with Crippen LogP contribution in [0.25, 0.3) is 0 Å². The van der Waals surface area contributed by atoms with Gasteiger partial charge in [-0.2, -0.15) is 17.5 Å². The molecule has 2 heterocycles. The van der Waals surface area contributed by atoms with Crippen molar-refractivity contribution in [2.75, 3.05) is 18.4 Å². The number of carbonyl (C=O) groups excluding carboxylic acids is 1. The Morgan fingerprint density at radius 1 is 1.00 bits per heavy atom. The Hall–Kier alpha value is -3.02. The fraction of sp³-hybridized carbons (Fsp3) is 0.292. The fourth-order valence-corrected chi connectivity index (χ4v) is 5.35. The summed E-state index contributed by atoms with van der Waals surface area (Å²) >= 11 is 5.82. The average molecular weight is 542 g/mol. The predicted molar refractivity (Wildman–Crippen MR) is 128 cm³/mol. The van der Waals surface area contributed by atoms with Crippen molar-refractivity contribution >= 4 is 33.2 Å². The first-order chi connectivity index (χ1) is 17.0. The Kier molecular flexibility index (Phi) is 7.62. The van der Waals surface area contributed by atoms with Gasteiger partial charge in [0.2, 0.25) is 5.09 Å². The van der Waals surface area contributed by atoms with Crippen LogP contribution in [0.4, 0.5) is 18.9 Å². The third kappa shape index (κ3) is 6.21. The molecule has 0 aliphatic carbocycles. The van der Waals surface area contributed by atoms with Crippen LogP contribution in [-0.2, 0) is 22.7 Å². The topological polar surface area (TPSA) is 91.7 Å². The van der Waals surface area contributed by atoms with Crippen LogP contribution >= 0.6 is 11.6 Å². The van der Waals surface area contributed by atoms with Gasteiger partial charge in [0.25, 0.3) is 15.9 Å². The molecule has 2 aromatic carbocycles. The van der Waals surface area contributed by atoms with Gasteiger partial charge in [-0.15, -0.1) is 0 Å². The second-order valence-corrected chi connectivity index (χ2v) is 10.6. The van der Waals surface area contributed by atoms with Crippen molar-refractivity contribution in [3.05, 3.63) is 82.6 Å². The number of carbonyl (C=O) groups is 1. The third-order valence-electron chi connectivity index (χ3n) is 5.80. The van der Waals surface area contributed by atoms with Crippen molar-refractivity contribution in [3.8, 4) is 0 Å². The lowest BCUT2D eigenvalue weighted by molar-refractivity contribution is -0.137. The van der Waals surface area contributed by atoms with E-state index < -0.39 is 21.8 Å². The number of furan rings is 1. The molecule has 7 nitrogen and oxygen atoms in total. The van der Waals surface area contributed by atoms with Gasteiger partial charge in [-0.25, -0.2) is 8.42 Å². The van der Waals surface area contributed by atoms with Gasteiger partial charge in [-0.05, 0) is 73.5 Å². The van der Waals surface area contributed by atoms with Crippen LogP contribution in [0.2, 0.25) is 5.02 Å². The molecule has 0 spiro atoms. The quantitative estimate of drug-likeness (QED) is 0.432. The second kappa shape index (κ2) is 10.5. The van der Waals surface area contributed by atoms with Crippen molar-refractivity contribution in [1.29, 1.82) is 0 Å². The molecule has 0 bridgehead atoms. The highest BCUT2D eigenvalue weighted by Gasteiger charge is 2.32. The molecule has 1 aromatic heterocycles. The number of sulfonamides is 1. The largest absolute Gasteiger partial charge is 0.446 e. The van der Waals surface area contributed by atoms with Crippen molar-refractivity contribution in [2.45, 2.75) is 36.7 Å². The van der Waals surface area contributed by atoms with Crippen molar-refractivity contribution in [3.63, 3.8) is 0 Å². The normalized spacial score (nSPS) is 15.6. The summed E-state index contributed by atoms with van der Waals surface area (Å²) in [5.41, 5.74) is 0.225. The van der Waals surface area contributed by atoms with Crippen LogP contribution < -0.4 is 10.6 Å². The van der Waals surface area contributed by atoms with Gasteiger partial charge in [0.15, 0.2) is 0 Å². The number of nitrogens with zero attached hydrogens (tertiary/aromatic N) is 1. The van der Waals surface area contributed by atoms with Crippen LogP contribution in [0.3, 0.4) is 0 Å². The summed E-state index contributed by atoms with van der Waals surface area (Å²) in [6.07, 6.45) is -3.44. The lowest BCUT2D eigenvalue weighted by Crippen LogP contribution is -2.42. The number of amides is 1. The van der Waals surface area contributed by atoms with E-state index in [2.05, 4.69) is 10.6 Å². The Morgan fingerprint density at radius 2 is 1.64 bits per heavy atom. The van der Waals surface area contributed by atoms with Crippen LogP contribution in [0.15, 0.2) is 70.2 Å². The van der Waals surface area contributed by atoms with Gasteiger partial charge >= 0.3 is 6.18 Å². The molecule has 1 aliphatic rings. The Balaban J connectivity index is 1.30. The van der Waals surface area contributed by atoms with E-state index in [9.17, 15) is 26.4 Å². The van der Waals surface area contributed by atoms with Crippen LogP contribution in [0.1, 0.15) is 34.5 Å². The summed E-state index contributed by atoms with van der Waals surface area (Å²) < 4.78 is 71.0. The number of hydrogen-bond donors (Lipinski definition) is 2. The minimum absolute atomic E-state index is 0.0100. The standard InChI is InChI=1S/C24H23ClF3N3O4S/c25-18-5-1-16(2-6-18)23(32)29-15-21-9-10-22(35-21)36(33,34)31-13-11-20(12-14-31)30-19-7-3-17(4-8-19)24(26,27)28/h1-10,20,30H,11-15H2,(H,29,32). The Bertz CT molecular complexity index is 1300. The zero-order valence-electron chi connectivity index (χ0n) is 18.9. The smallest absolute Gasteiger partial charge is 0.416 e. The minimum Gasteiger partial charge on any atom is -0.446 e. The molecule has 192 valence electrons. The molecule has 1 saturated heterocycles. The maximum Gasteiger partial charge on any atom is 0.416 e. The van der Waals surface area contributed by atoms with E-state index >= 15 is 0 Å². The van der Waals surface area contributed by atoms with E-state index in [1.165, 1.54) is 28.6 Å². The maximum absolute atomic E-state index is 13.0. The van der Waals surface area contributed by atoms with E-state index in [4.69, 9.17) is 16.0 Å². The lowest BCUT2D eigenvalue weighted by Gasteiger charge is -2.31. The van der Waals surface area contributed by atoms with E-state index in [0.717, 1.165) is 12.1 Å². The lowest BCUT2D eigenvalue weighted by atomic mass is 10.1. The van der Waals surface area contributed by atoms with Crippen LogP contribution in [-0.4, -0.2) is 37.8 Å². The number of alkyl halides is 3. The number of hydrogen-bond acceptors (Lipinski definition) is 5. The predicted octanol–water partition coefficient (Wildman–Crippen LogP) is 5.15. The summed E-state index contributed by atoms with van der Waals surface area (Å²) in [7, 11) is -3.87. The molecule has 1 amide bonds. The van der Waals surface area contributed by atoms with Gasteiger partial charge in [-0.1, -0.05) is 11.6 Å². The van der Waals surface area contributed by atoms with Gasteiger partial charge < -0.3 is 15.1 Å². The summed E-state index contributed by atoms with van der Waals surface area (Å²) in [4.78, 5) is 12.2. The number of rotatable bonds is 7. The number of piperidine rings is 1. The molecule has 12 heteroatoms. The number of benzene rings is 2. The molecule has 0 unspecified atom stereocenters. The molecule has 1 fully saturated rings. The first-order valence-electron chi connectivity index (χ1n) is 11.1. The molecule has 0 radical (unpaired) electrons. The van der Waals surface area contributed by atoms with E-state index in [1.807, 2.05) is 0 Å². The highest BCUT2D eigenvalue weighted by molar-refractivity contribution is 7.89. The SMILES string of the molecule is O=C(NCc1ccc(S(=O)(=O)N2CCC(Nc3ccc(C(F)(F)F)cc3)CC2)o1)c1ccc(Cl)cc1. The summed E-state index contributed by atoms with van der Waals surface area (Å²) in [6, 6.07) is 13.8. The fourth-order valence-electron chi connectivity index (χ4n) is 3.82. The summed E-state index contributed by atoms with van der Waals surface area (Å²) in [5, 5.41) is 6.12. The molecule has 1 aliphatic heterocycles. The first kappa shape index (κ1) is 26.1. The molecule has 2 N–H and O–H groups in total. The Labute approximate surface area is 211 Å². The van der Waals surface area contributed by atoms with Crippen molar-refractivity contribution in [2.24, 2.45) is 0 Å². The highest BCUT2D eigenvalue weighted by Crippen LogP contribution is 2.30. The molecule has 36 heavy (non-hydrogen) atoms. The number of halogens is 4. The monoisotopic (exact) mass is 541 g/mol. The molecule has 3 aromatic rings. The zero-order chi connectivity index (χ0) is 25.9. The summed E-state index contributed by atoms with van der Waals surface area (Å²) in [5.74, 6) is -0.0650. The molecule has 0 atom stereocenters. The van der Waals surface area contributed by atoms with Crippen LogP contribution in [0.5, 0.6) is 0 Å². The Morgan fingerprint density at radius 3 is 2.25 bits per heavy atom. The minimum atomic E-state index is -4.40. The molecule has 4 rings (SSSR count). The van der Waals surface area contributed by atoms with E-state index in [-0.39, 0.29) is 42.4 Å². The first-order valence-corrected chi connectivity index (χ1v) is 12.9. The van der Waals surface area contributed by atoms with Gasteiger partial charge in [0, 0.05) is 35.4 Å². The van der Waals surface area contributed by atoms with E-state index in [1.54, 1.807) is 24.3 Å². The third-order valence-corrected chi connectivity index (χ3v) is 7.82. The van der Waals surface area contributed by atoms with Crippen molar-refractivity contribution in [1.82, 2.24) is 9.62 Å². The number of anilines is 1. The van der Waals surface area contributed by atoms with Crippen LogP contribution in [0, 0.1) is 0 Å². The maximum atomic E-state index is 13.0. The van der Waals surface area contributed by atoms with Gasteiger partial charge in [0.05, 0.1) is 12.1 Å². The molecule has 0 saturated carbocycles. The second-order valence-electron chi connectivity index (χ2n) is 8.31. The van der Waals surface area contributed by atoms with Gasteiger partial charge in [0.1, 0.15) is 5.76 Å². The van der Waals surface area contributed by atoms with Gasteiger partial charge in [-0.3, -0.25) is 4.79 Å². The average Bonchev–Trinajstić information content (AvgIpc) is 3.33. The molecular weight excluding hydrogens is 519 g/mol. The number of nitrogens with one attached hydrogen (secondary N) is 2.